The molecule has 136 valence electrons. The summed E-state index contributed by atoms with van der Waals surface area (Å²) in [6, 6.07) is 0. The molecular formula is C17H25N5O2S. The summed E-state index contributed by atoms with van der Waals surface area (Å²) in [6.07, 6.45) is 0.778. The van der Waals surface area contributed by atoms with Gasteiger partial charge >= 0.3 is 0 Å². The molecule has 0 atom stereocenters. The molecule has 1 fully saturated rings. The number of aryl methyl sites for hydroxylation is 3. The third-order valence-corrected chi connectivity index (χ3v) is 5.74. The molecule has 3 rings (SSSR count). The Morgan fingerprint density at radius 3 is 2.84 bits per heavy atom. The number of thiophene rings is 1. The summed E-state index contributed by atoms with van der Waals surface area (Å²) < 4.78 is 0. The summed E-state index contributed by atoms with van der Waals surface area (Å²) in [7, 11) is 0. The molecule has 0 aliphatic carbocycles. The van der Waals surface area contributed by atoms with Crippen molar-refractivity contribution in [1.29, 1.82) is 0 Å². The number of hydrogen-bond acceptors (Lipinski definition) is 6. The second kappa shape index (κ2) is 8.07. The average Bonchev–Trinajstić information content (AvgIpc) is 2.88. The van der Waals surface area contributed by atoms with Crippen molar-refractivity contribution in [2.45, 2.75) is 26.7 Å². The highest BCUT2D eigenvalue weighted by Gasteiger charge is 2.13. The lowest BCUT2D eigenvalue weighted by Gasteiger charge is -2.27. The zero-order valence-corrected chi connectivity index (χ0v) is 15.6. The highest BCUT2D eigenvalue weighted by Crippen LogP contribution is 2.25. The Labute approximate surface area is 150 Å². The van der Waals surface area contributed by atoms with Crippen molar-refractivity contribution in [2.75, 3.05) is 39.3 Å². The number of rotatable bonds is 6. The van der Waals surface area contributed by atoms with Gasteiger partial charge in [0.2, 0.25) is 5.91 Å². The van der Waals surface area contributed by atoms with E-state index in [1.54, 1.807) is 0 Å². The SMILES string of the molecule is Cc1sc2nc(CCC(=O)NCCN3CCNCC3)[nH]c(=O)c2c1C. The third-order valence-electron chi connectivity index (χ3n) is 4.64. The number of aromatic nitrogens is 2. The van der Waals surface area contributed by atoms with Gasteiger partial charge in [-0.05, 0) is 19.4 Å². The van der Waals surface area contributed by atoms with E-state index in [1.807, 2.05) is 13.8 Å². The first-order valence-corrected chi connectivity index (χ1v) is 9.55. The highest BCUT2D eigenvalue weighted by molar-refractivity contribution is 7.18. The van der Waals surface area contributed by atoms with Crippen molar-refractivity contribution < 1.29 is 4.79 Å². The monoisotopic (exact) mass is 363 g/mol. The fourth-order valence-electron chi connectivity index (χ4n) is 3.03. The quantitative estimate of drug-likeness (QED) is 0.698. The molecule has 0 radical (unpaired) electrons. The van der Waals surface area contributed by atoms with Crippen LogP contribution in [0, 0.1) is 13.8 Å². The Kier molecular flexibility index (Phi) is 5.82. The Morgan fingerprint density at radius 2 is 2.08 bits per heavy atom. The number of piperazine rings is 1. The van der Waals surface area contributed by atoms with Gasteiger partial charge in [0.05, 0.1) is 5.39 Å². The van der Waals surface area contributed by atoms with Crippen molar-refractivity contribution >= 4 is 27.5 Å². The van der Waals surface area contributed by atoms with Crippen molar-refractivity contribution in [3.8, 4) is 0 Å². The van der Waals surface area contributed by atoms with E-state index in [2.05, 4.69) is 25.5 Å². The standard InChI is InChI=1S/C17H25N5O2S/c1-11-12(2)25-17-15(11)16(24)20-13(21-17)3-4-14(23)19-7-10-22-8-5-18-6-9-22/h18H,3-10H2,1-2H3,(H,19,23)(H,20,21,24). The van der Waals surface area contributed by atoms with E-state index in [4.69, 9.17) is 0 Å². The van der Waals surface area contributed by atoms with Crippen LogP contribution in [-0.4, -0.2) is 60.0 Å². The summed E-state index contributed by atoms with van der Waals surface area (Å²) in [5.74, 6) is 0.576. The maximum atomic E-state index is 12.2. The topological polar surface area (TPSA) is 90.1 Å². The van der Waals surface area contributed by atoms with Crippen LogP contribution in [0.1, 0.15) is 22.7 Å². The Morgan fingerprint density at radius 1 is 1.32 bits per heavy atom. The van der Waals surface area contributed by atoms with Crippen LogP contribution in [0.4, 0.5) is 0 Å². The van der Waals surface area contributed by atoms with Gasteiger partial charge in [-0.2, -0.15) is 0 Å². The summed E-state index contributed by atoms with van der Waals surface area (Å²) in [6.45, 7) is 9.55. The smallest absolute Gasteiger partial charge is 0.259 e. The van der Waals surface area contributed by atoms with E-state index in [9.17, 15) is 9.59 Å². The van der Waals surface area contributed by atoms with E-state index in [0.717, 1.165) is 48.0 Å². The van der Waals surface area contributed by atoms with Gasteiger partial charge in [0.25, 0.3) is 5.56 Å². The van der Waals surface area contributed by atoms with E-state index >= 15 is 0 Å². The van der Waals surface area contributed by atoms with E-state index < -0.39 is 0 Å². The number of aromatic amines is 1. The number of amides is 1. The molecule has 0 spiro atoms. The summed E-state index contributed by atoms with van der Waals surface area (Å²) in [4.78, 5) is 35.8. The molecule has 0 unspecified atom stereocenters. The average molecular weight is 363 g/mol. The minimum Gasteiger partial charge on any atom is -0.355 e. The predicted octanol–water partition coefficient (Wildman–Crippen LogP) is 0.555. The summed E-state index contributed by atoms with van der Waals surface area (Å²) >= 11 is 1.53. The number of carbonyl (C=O) groups excluding carboxylic acids is 1. The van der Waals surface area contributed by atoms with Crippen LogP contribution in [-0.2, 0) is 11.2 Å². The van der Waals surface area contributed by atoms with Crippen molar-refractivity contribution in [2.24, 2.45) is 0 Å². The molecule has 3 heterocycles. The van der Waals surface area contributed by atoms with Gasteiger partial charge in [-0.1, -0.05) is 0 Å². The zero-order chi connectivity index (χ0) is 17.8. The molecule has 1 amide bonds. The zero-order valence-electron chi connectivity index (χ0n) is 14.8. The van der Waals surface area contributed by atoms with Crippen LogP contribution >= 0.6 is 11.3 Å². The molecule has 3 N–H and O–H groups in total. The van der Waals surface area contributed by atoms with Gasteiger partial charge in [-0.25, -0.2) is 4.98 Å². The highest BCUT2D eigenvalue weighted by atomic mass is 32.1. The lowest BCUT2D eigenvalue weighted by molar-refractivity contribution is -0.121. The summed E-state index contributed by atoms with van der Waals surface area (Å²) in [5, 5.41) is 6.93. The first-order chi connectivity index (χ1) is 12.0. The minimum atomic E-state index is -0.110. The molecule has 0 bridgehead atoms. The minimum absolute atomic E-state index is 0.00331. The first-order valence-electron chi connectivity index (χ1n) is 8.73. The van der Waals surface area contributed by atoms with Crippen LogP contribution in [0.15, 0.2) is 4.79 Å². The number of carbonyl (C=O) groups is 1. The second-order valence-corrected chi connectivity index (χ2v) is 7.62. The molecular weight excluding hydrogens is 338 g/mol. The van der Waals surface area contributed by atoms with Crippen LogP contribution < -0.4 is 16.2 Å². The molecule has 1 saturated heterocycles. The van der Waals surface area contributed by atoms with Gasteiger partial charge in [-0.15, -0.1) is 11.3 Å². The van der Waals surface area contributed by atoms with Gasteiger partial charge < -0.3 is 15.6 Å². The van der Waals surface area contributed by atoms with Gasteiger partial charge in [-0.3, -0.25) is 14.5 Å². The fourth-order valence-corrected chi connectivity index (χ4v) is 4.08. The number of fused-ring (bicyclic) bond motifs is 1. The number of nitrogens with one attached hydrogen (secondary N) is 3. The number of H-pyrrole nitrogens is 1. The van der Waals surface area contributed by atoms with E-state index in [-0.39, 0.29) is 11.5 Å². The Balaban J connectivity index is 1.50. The van der Waals surface area contributed by atoms with Crippen LogP contribution in [0.2, 0.25) is 0 Å². The fraction of sp³-hybridized carbons (Fsp3) is 0.588. The maximum absolute atomic E-state index is 12.2. The molecule has 8 heteroatoms. The number of hydrogen-bond donors (Lipinski definition) is 3. The molecule has 2 aromatic heterocycles. The maximum Gasteiger partial charge on any atom is 0.259 e. The molecule has 1 aliphatic rings. The van der Waals surface area contributed by atoms with Crippen LogP contribution in [0.5, 0.6) is 0 Å². The lowest BCUT2D eigenvalue weighted by Crippen LogP contribution is -2.46. The van der Waals surface area contributed by atoms with E-state index in [0.29, 0.717) is 30.6 Å². The van der Waals surface area contributed by atoms with E-state index in [1.165, 1.54) is 11.3 Å². The molecule has 25 heavy (non-hydrogen) atoms. The van der Waals surface area contributed by atoms with Gasteiger partial charge in [0.15, 0.2) is 0 Å². The van der Waals surface area contributed by atoms with Gasteiger partial charge in [0, 0.05) is 57.0 Å². The third kappa shape index (κ3) is 4.45. The van der Waals surface area contributed by atoms with Crippen LogP contribution in [0.3, 0.4) is 0 Å². The van der Waals surface area contributed by atoms with Crippen molar-refractivity contribution in [1.82, 2.24) is 25.5 Å². The van der Waals surface area contributed by atoms with Crippen molar-refractivity contribution in [3.05, 3.63) is 26.6 Å². The van der Waals surface area contributed by atoms with Gasteiger partial charge in [0.1, 0.15) is 10.7 Å². The molecule has 0 saturated carbocycles. The normalized spacial score (nSPS) is 15.6. The number of nitrogens with zero attached hydrogens (tertiary/aromatic N) is 2. The Bertz CT molecular complexity index is 807. The molecule has 1 aliphatic heterocycles. The largest absolute Gasteiger partial charge is 0.355 e. The first kappa shape index (κ1) is 18.0. The lowest BCUT2D eigenvalue weighted by atomic mass is 10.2. The van der Waals surface area contributed by atoms with Crippen LogP contribution in [0.25, 0.3) is 10.2 Å². The second-order valence-electron chi connectivity index (χ2n) is 6.42. The predicted molar refractivity (Wildman–Crippen MR) is 100 cm³/mol. The van der Waals surface area contributed by atoms with Crippen molar-refractivity contribution in [3.63, 3.8) is 0 Å². The molecule has 2 aromatic rings. The summed E-state index contributed by atoms with van der Waals surface area (Å²) in [5.41, 5.74) is 0.881. The molecule has 0 aromatic carbocycles. The Hall–Kier alpha value is -1.77. The molecule has 7 nitrogen and oxygen atoms in total.